The highest BCUT2D eigenvalue weighted by molar-refractivity contribution is 7.90. The van der Waals surface area contributed by atoms with E-state index in [0.29, 0.717) is 16.2 Å². The van der Waals surface area contributed by atoms with Gasteiger partial charge in [0.1, 0.15) is 0 Å². The van der Waals surface area contributed by atoms with Crippen LogP contribution in [0.5, 0.6) is 0 Å². The Hall–Kier alpha value is -3.15. The summed E-state index contributed by atoms with van der Waals surface area (Å²) in [5, 5.41) is 2.02. The van der Waals surface area contributed by atoms with Gasteiger partial charge in [-0.05, 0) is 54.3 Å². The third-order valence-corrected chi connectivity index (χ3v) is 7.35. The van der Waals surface area contributed by atoms with Crippen molar-refractivity contribution in [3.63, 3.8) is 0 Å². The zero-order valence-corrected chi connectivity index (χ0v) is 20.1. The number of benzene rings is 3. The van der Waals surface area contributed by atoms with Crippen LogP contribution < -0.4 is 0 Å². The first-order valence-electron chi connectivity index (χ1n) is 11.0. The van der Waals surface area contributed by atoms with E-state index >= 15 is 0 Å². The molecular weight excluding hydrogens is 452 g/mol. The Morgan fingerprint density at radius 1 is 0.788 bits per heavy atom. The van der Waals surface area contributed by atoms with Gasteiger partial charge in [-0.15, -0.1) is 0 Å². The summed E-state index contributed by atoms with van der Waals surface area (Å²) in [6, 6.07) is 26.4. The van der Waals surface area contributed by atoms with Gasteiger partial charge in [0.2, 0.25) is 0 Å². The quantitative estimate of drug-likeness (QED) is 0.277. The second-order valence-corrected chi connectivity index (χ2v) is 9.67. The van der Waals surface area contributed by atoms with E-state index in [9.17, 15) is 8.42 Å². The van der Waals surface area contributed by atoms with Crippen LogP contribution in [0.2, 0.25) is 5.02 Å². The summed E-state index contributed by atoms with van der Waals surface area (Å²) in [5.74, 6) is 0. The summed E-state index contributed by atoms with van der Waals surface area (Å²) in [6.07, 6.45) is 3.24. The van der Waals surface area contributed by atoms with Crippen molar-refractivity contribution in [3.05, 3.63) is 107 Å². The molecule has 4 nitrogen and oxygen atoms in total. The van der Waals surface area contributed by atoms with Crippen molar-refractivity contribution < 1.29 is 8.42 Å². The van der Waals surface area contributed by atoms with Gasteiger partial charge in [-0.25, -0.2) is 17.4 Å². The molecule has 0 spiro atoms. The number of halogens is 1. The van der Waals surface area contributed by atoms with Crippen LogP contribution >= 0.6 is 11.6 Å². The van der Waals surface area contributed by atoms with Gasteiger partial charge in [0.05, 0.1) is 15.4 Å². The minimum Gasteiger partial charge on any atom is -0.236 e. The monoisotopic (exact) mass is 476 g/mol. The van der Waals surface area contributed by atoms with Crippen LogP contribution in [0, 0.1) is 0 Å². The van der Waals surface area contributed by atoms with Gasteiger partial charge in [0.15, 0.2) is 5.65 Å². The fourth-order valence-electron chi connectivity index (χ4n) is 3.91. The Balaban J connectivity index is 0.00000126. The highest BCUT2D eigenvalue weighted by Crippen LogP contribution is 2.33. The molecule has 168 valence electrons. The molecule has 0 saturated heterocycles. The molecule has 0 aliphatic heterocycles. The molecule has 5 rings (SSSR count). The number of hydrogen-bond donors (Lipinski definition) is 0. The Labute approximate surface area is 199 Å². The molecule has 3 aromatic carbocycles. The minimum absolute atomic E-state index is 0.221. The lowest BCUT2D eigenvalue weighted by Gasteiger charge is -2.09. The molecule has 0 unspecified atom stereocenters. The number of hydrogen-bond acceptors (Lipinski definition) is 3. The van der Waals surface area contributed by atoms with E-state index in [4.69, 9.17) is 11.6 Å². The third-order valence-electron chi connectivity index (χ3n) is 5.42. The van der Waals surface area contributed by atoms with Crippen LogP contribution in [0.4, 0.5) is 0 Å². The largest absolute Gasteiger partial charge is 0.269 e. The molecule has 0 bridgehead atoms. The van der Waals surface area contributed by atoms with Gasteiger partial charge in [-0.1, -0.05) is 80.0 Å². The zero-order chi connectivity index (χ0) is 23.4. The van der Waals surface area contributed by atoms with Crippen molar-refractivity contribution in [2.45, 2.75) is 31.6 Å². The molecule has 0 aliphatic carbocycles. The van der Waals surface area contributed by atoms with Crippen molar-refractivity contribution in [3.8, 4) is 0 Å². The Morgan fingerprint density at radius 3 is 2.12 bits per heavy atom. The first-order chi connectivity index (χ1) is 16.0. The maximum atomic E-state index is 13.5. The van der Waals surface area contributed by atoms with E-state index in [0.717, 1.165) is 29.2 Å². The fourth-order valence-corrected chi connectivity index (χ4v) is 5.57. The molecule has 0 N–H and O–H groups in total. The summed E-state index contributed by atoms with van der Waals surface area (Å²) in [4.78, 5) is 4.61. The third kappa shape index (κ3) is 4.52. The van der Waals surface area contributed by atoms with Gasteiger partial charge in [0.25, 0.3) is 10.0 Å². The summed E-state index contributed by atoms with van der Waals surface area (Å²) in [6.45, 7) is 4.00. The maximum absolute atomic E-state index is 13.5. The van der Waals surface area contributed by atoms with E-state index in [2.05, 4.69) is 23.2 Å². The van der Waals surface area contributed by atoms with Gasteiger partial charge in [0, 0.05) is 17.0 Å². The molecule has 33 heavy (non-hydrogen) atoms. The number of pyridine rings is 1. The van der Waals surface area contributed by atoms with E-state index in [1.165, 1.54) is 15.7 Å². The molecule has 6 heteroatoms. The zero-order valence-electron chi connectivity index (χ0n) is 18.6. The van der Waals surface area contributed by atoms with Crippen molar-refractivity contribution in [1.82, 2.24) is 8.96 Å². The highest BCUT2D eigenvalue weighted by Gasteiger charge is 2.24. The summed E-state index contributed by atoms with van der Waals surface area (Å²) < 4.78 is 28.3. The van der Waals surface area contributed by atoms with Crippen LogP contribution in [0.3, 0.4) is 0 Å². The average molecular weight is 477 g/mol. The maximum Gasteiger partial charge on any atom is 0.269 e. The topological polar surface area (TPSA) is 52.0 Å². The van der Waals surface area contributed by atoms with Crippen LogP contribution in [-0.4, -0.2) is 17.4 Å². The lowest BCUT2D eigenvalue weighted by molar-refractivity contribution is 0.590. The first-order valence-corrected chi connectivity index (χ1v) is 12.8. The predicted molar refractivity (Wildman–Crippen MR) is 136 cm³/mol. The Bertz CT molecular complexity index is 1500. The van der Waals surface area contributed by atoms with Crippen molar-refractivity contribution in [1.29, 1.82) is 0 Å². The number of aromatic nitrogens is 2. The van der Waals surface area contributed by atoms with E-state index in [1.54, 1.807) is 36.4 Å². The highest BCUT2D eigenvalue weighted by atomic mass is 35.5. The molecule has 0 aliphatic rings. The SMILES string of the molecule is CC.O=S(=O)(c1ccccc1)n1c2ccc(CCc3ccccc3)cc2c2cc(Cl)cnc21. The lowest BCUT2D eigenvalue weighted by Crippen LogP contribution is -2.13. The van der Waals surface area contributed by atoms with Crippen LogP contribution in [0.1, 0.15) is 25.0 Å². The standard InChI is InChI=1S/C25H19ClN2O2S.C2H6/c26-20-16-23-22-15-19(12-11-18-7-3-1-4-8-18)13-14-24(22)28(25(23)27-17-20)31(29,30)21-9-5-2-6-10-21;1-2/h1-10,13-17H,11-12H2;1-2H3. The van der Waals surface area contributed by atoms with Gasteiger partial charge < -0.3 is 0 Å². The fraction of sp³-hybridized carbons (Fsp3) is 0.148. The number of fused-ring (bicyclic) bond motifs is 3. The second-order valence-electron chi connectivity index (χ2n) is 7.44. The summed E-state index contributed by atoms with van der Waals surface area (Å²) in [5.41, 5.74) is 3.37. The number of rotatable bonds is 5. The average Bonchev–Trinajstić information content (AvgIpc) is 3.19. The number of aryl methyl sites for hydroxylation is 2. The van der Waals surface area contributed by atoms with Crippen molar-refractivity contribution in [2.24, 2.45) is 0 Å². The van der Waals surface area contributed by atoms with E-state index in [-0.39, 0.29) is 4.90 Å². The van der Waals surface area contributed by atoms with Crippen molar-refractivity contribution in [2.75, 3.05) is 0 Å². The van der Waals surface area contributed by atoms with Gasteiger partial charge in [-0.3, -0.25) is 0 Å². The Kier molecular flexibility index (Phi) is 6.82. The first kappa shape index (κ1) is 23.0. The molecular formula is C27H25ClN2O2S. The molecule has 0 atom stereocenters. The van der Waals surface area contributed by atoms with Crippen molar-refractivity contribution >= 4 is 43.6 Å². The second kappa shape index (κ2) is 9.77. The van der Waals surface area contributed by atoms with Gasteiger partial charge >= 0.3 is 0 Å². The van der Waals surface area contributed by atoms with Crippen LogP contribution in [0.15, 0.2) is 96.0 Å². The smallest absolute Gasteiger partial charge is 0.236 e. The molecule has 0 amide bonds. The summed E-state index contributed by atoms with van der Waals surface area (Å²) in [7, 11) is -3.82. The number of nitrogens with zero attached hydrogens (tertiary/aromatic N) is 2. The molecule has 0 fully saturated rings. The van der Waals surface area contributed by atoms with E-state index in [1.807, 2.05) is 44.2 Å². The summed E-state index contributed by atoms with van der Waals surface area (Å²) >= 11 is 6.22. The van der Waals surface area contributed by atoms with Crippen LogP contribution in [-0.2, 0) is 22.9 Å². The molecule has 5 aromatic rings. The van der Waals surface area contributed by atoms with E-state index < -0.39 is 10.0 Å². The Morgan fingerprint density at radius 2 is 1.42 bits per heavy atom. The minimum atomic E-state index is -3.82. The predicted octanol–water partition coefficient (Wildman–Crippen LogP) is 6.89. The molecule has 0 saturated carbocycles. The lowest BCUT2D eigenvalue weighted by atomic mass is 10.0. The van der Waals surface area contributed by atoms with Crippen LogP contribution in [0.25, 0.3) is 21.9 Å². The molecule has 2 aromatic heterocycles. The molecule has 2 heterocycles. The van der Waals surface area contributed by atoms with Gasteiger partial charge in [-0.2, -0.15) is 0 Å². The normalized spacial score (nSPS) is 11.4. The molecule has 0 radical (unpaired) electrons.